The van der Waals surface area contributed by atoms with Crippen LogP contribution in [0.3, 0.4) is 0 Å². The van der Waals surface area contributed by atoms with Gasteiger partial charge in [-0.15, -0.1) is 0 Å². The maximum Gasteiger partial charge on any atom is 0.255 e. The van der Waals surface area contributed by atoms with Gasteiger partial charge >= 0.3 is 0 Å². The smallest absolute Gasteiger partial charge is 0.255 e. The topological polar surface area (TPSA) is 64.3 Å². The highest BCUT2D eigenvalue weighted by molar-refractivity contribution is 5.75. The standard InChI is InChI=1S/C17H28N2O2/c1-2-3-4-5-6-7-12-19-13-15-8-10-16(11-9-15)21-14-17(18)20/h8-11,19H,2-7,12-14H2,1H3,(H2,18,20). The fourth-order valence-corrected chi connectivity index (χ4v) is 2.12. The number of unbranched alkanes of at least 4 members (excludes halogenated alkanes) is 5. The summed E-state index contributed by atoms with van der Waals surface area (Å²) in [5.41, 5.74) is 6.24. The number of amides is 1. The minimum absolute atomic E-state index is 0.0738. The van der Waals surface area contributed by atoms with Crippen molar-refractivity contribution < 1.29 is 9.53 Å². The van der Waals surface area contributed by atoms with Crippen molar-refractivity contribution in [3.8, 4) is 5.75 Å². The van der Waals surface area contributed by atoms with Crippen molar-refractivity contribution in [2.75, 3.05) is 13.2 Å². The number of benzene rings is 1. The predicted octanol–water partition coefficient (Wildman–Crippen LogP) is 3.00. The Balaban J connectivity index is 2.08. The predicted molar refractivity (Wildman–Crippen MR) is 86.2 cm³/mol. The highest BCUT2D eigenvalue weighted by Gasteiger charge is 1.98. The molecule has 0 saturated carbocycles. The summed E-state index contributed by atoms with van der Waals surface area (Å²) in [6.07, 6.45) is 7.93. The van der Waals surface area contributed by atoms with Crippen molar-refractivity contribution in [1.29, 1.82) is 0 Å². The molecule has 0 heterocycles. The third-order valence-electron chi connectivity index (χ3n) is 3.34. The first kappa shape index (κ1) is 17.5. The maximum absolute atomic E-state index is 10.6. The zero-order valence-corrected chi connectivity index (χ0v) is 13.1. The van der Waals surface area contributed by atoms with E-state index in [1.54, 1.807) is 0 Å². The summed E-state index contributed by atoms with van der Waals surface area (Å²) >= 11 is 0. The molecular formula is C17H28N2O2. The van der Waals surface area contributed by atoms with Crippen LogP contribution in [0.2, 0.25) is 0 Å². The maximum atomic E-state index is 10.6. The SMILES string of the molecule is CCCCCCCCNCc1ccc(OCC(N)=O)cc1. The number of ether oxygens (including phenoxy) is 1. The van der Waals surface area contributed by atoms with Gasteiger partial charge in [0.2, 0.25) is 0 Å². The third-order valence-corrected chi connectivity index (χ3v) is 3.34. The van der Waals surface area contributed by atoms with E-state index in [1.165, 1.54) is 44.1 Å². The van der Waals surface area contributed by atoms with Crippen LogP contribution >= 0.6 is 0 Å². The average molecular weight is 292 g/mol. The second-order valence-corrected chi connectivity index (χ2v) is 5.34. The van der Waals surface area contributed by atoms with Gasteiger partial charge in [0.15, 0.2) is 6.61 Å². The number of nitrogens with two attached hydrogens (primary N) is 1. The Morgan fingerprint density at radius 1 is 1.10 bits per heavy atom. The van der Waals surface area contributed by atoms with Crippen molar-refractivity contribution in [3.63, 3.8) is 0 Å². The van der Waals surface area contributed by atoms with Crippen molar-refractivity contribution in [2.45, 2.75) is 52.0 Å². The molecule has 1 rings (SSSR count). The highest BCUT2D eigenvalue weighted by atomic mass is 16.5. The molecule has 21 heavy (non-hydrogen) atoms. The largest absolute Gasteiger partial charge is 0.484 e. The van der Waals surface area contributed by atoms with E-state index in [0.717, 1.165) is 13.1 Å². The molecule has 4 nitrogen and oxygen atoms in total. The zero-order valence-electron chi connectivity index (χ0n) is 13.1. The lowest BCUT2D eigenvalue weighted by molar-refractivity contribution is -0.119. The second kappa shape index (κ2) is 11.1. The van der Waals surface area contributed by atoms with Crippen LogP contribution in [0.25, 0.3) is 0 Å². The van der Waals surface area contributed by atoms with Gasteiger partial charge in [-0.2, -0.15) is 0 Å². The van der Waals surface area contributed by atoms with Crippen LogP contribution in [0.15, 0.2) is 24.3 Å². The van der Waals surface area contributed by atoms with Crippen LogP contribution in [0, 0.1) is 0 Å². The van der Waals surface area contributed by atoms with Crippen LogP contribution < -0.4 is 15.8 Å². The fourth-order valence-electron chi connectivity index (χ4n) is 2.12. The number of primary amides is 1. The van der Waals surface area contributed by atoms with E-state index < -0.39 is 5.91 Å². The van der Waals surface area contributed by atoms with Gasteiger partial charge in [0.25, 0.3) is 5.91 Å². The molecule has 0 atom stereocenters. The summed E-state index contributed by atoms with van der Waals surface area (Å²) in [5, 5.41) is 3.45. The van der Waals surface area contributed by atoms with Gasteiger partial charge in [0.1, 0.15) is 5.75 Å². The zero-order chi connectivity index (χ0) is 15.3. The molecule has 1 amide bonds. The molecule has 0 aromatic heterocycles. The van der Waals surface area contributed by atoms with Gasteiger partial charge in [-0.25, -0.2) is 0 Å². The monoisotopic (exact) mass is 292 g/mol. The molecule has 118 valence electrons. The molecule has 1 aromatic carbocycles. The van der Waals surface area contributed by atoms with Crippen LogP contribution in [0.4, 0.5) is 0 Å². The second-order valence-electron chi connectivity index (χ2n) is 5.34. The lowest BCUT2D eigenvalue weighted by Gasteiger charge is -2.07. The lowest BCUT2D eigenvalue weighted by atomic mass is 10.1. The van der Waals surface area contributed by atoms with E-state index in [-0.39, 0.29) is 6.61 Å². The van der Waals surface area contributed by atoms with Crippen LogP contribution in [0.1, 0.15) is 51.0 Å². The summed E-state index contributed by atoms with van der Waals surface area (Å²) in [4.78, 5) is 10.6. The Labute approximate surface area is 128 Å². The molecule has 4 heteroatoms. The van der Waals surface area contributed by atoms with Gasteiger partial charge in [-0.3, -0.25) is 4.79 Å². The van der Waals surface area contributed by atoms with E-state index >= 15 is 0 Å². The number of carbonyl (C=O) groups is 1. The average Bonchev–Trinajstić information content (AvgIpc) is 2.49. The molecule has 0 aliphatic heterocycles. The first-order valence-corrected chi connectivity index (χ1v) is 7.93. The van der Waals surface area contributed by atoms with E-state index in [2.05, 4.69) is 12.2 Å². The Morgan fingerprint density at radius 3 is 2.43 bits per heavy atom. The summed E-state index contributed by atoms with van der Waals surface area (Å²) in [7, 11) is 0. The number of carbonyl (C=O) groups excluding carboxylic acids is 1. The van der Waals surface area contributed by atoms with Crippen LogP contribution in [0.5, 0.6) is 5.75 Å². The fraction of sp³-hybridized carbons (Fsp3) is 0.588. The Hall–Kier alpha value is -1.55. The van der Waals surface area contributed by atoms with Gasteiger partial charge in [-0.1, -0.05) is 51.2 Å². The minimum Gasteiger partial charge on any atom is -0.484 e. The first-order chi connectivity index (χ1) is 10.2. The summed E-state index contributed by atoms with van der Waals surface area (Å²) in [5.74, 6) is 0.216. The molecule has 0 fully saturated rings. The molecule has 0 aliphatic rings. The third kappa shape index (κ3) is 9.08. The number of rotatable bonds is 12. The minimum atomic E-state index is -0.459. The molecule has 0 saturated heterocycles. The number of nitrogens with one attached hydrogen (secondary N) is 1. The Morgan fingerprint density at radius 2 is 1.76 bits per heavy atom. The van der Waals surface area contributed by atoms with Crippen LogP contribution in [-0.4, -0.2) is 19.1 Å². The summed E-state index contributed by atoms with van der Waals surface area (Å²) < 4.78 is 5.22. The van der Waals surface area contributed by atoms with E-state index in [1.807, 2.05) is 24.3 Å². The molecule has 0 radical (unpaired) electrons. The summed E-state index contributed by atoms with van der Waals surface area (Å²) in [6, 6.07) is 7.74. The Bertz CT molecular complexity index is 390. The Kier molecular flexibility index (Phi) is 9.29. The highest BCUT2D eigenvalue weighted by Crippen LogP contribution is 2.12. The molecule has 1 aromatic rings. The van der Waals surface area contributed by atoms with Crippen molar-refractivity contribution in [1.82, 2.24) is 5.32 Å². The van der Waals surface area contributed by atoms with E-state index in [0.29, 0.717) is 5.75 Å². The van der Waals surface area contributed by atoms with E-state index in [9.17, 15) is 4.79 Å². The normalized spacial score (nSPS) is 10.5. The van der Waals surface area contributed by atoms with E-state index in [4.69, 9.17) is 10.5 Å². The molecule has 0 unspecified atom stereocenters. The van der Waals surface area contributed by atoms with Gasteiger partial charge in [0, 0.05) is 6.54 Å². The van der Waals surface area contributed by atoms with Gasteiger partial charge in [0.05, 0.1) is 0 Å². The molecular weight excluding hydrogens is 264 g/mol. The molecule has 0 aliphatic carbocycles. The van der Waals surface area contributed by atoms with Gasteiger partial charge < -0.3 is 15.8 Å². The van der Waals surface area contributed by atoms with Gasteiger partial charge in [-0.05, 0) is 30.7 Å². The first-order valence-electron chi connectivity index (χ1n) is 7.93. The van der Waals surface area contributed by atoms with Crippen molar-refractivity contribution >= 4 is 5.91 Å². The quantitative estimate of drug-likeness (QED) is 0.582. The van der Waals surface area contributed by atoms with Crippen LogP contribution in [-0.2, 0) is 11.3 Å². The number of hydrogen-bond acceptors (Lipinski definition) is 3. The number of hydrogen-bond donors (Lipinski definition) is 2. The molecule has 0 bridgehead atoms. The molecule has 3 N–H and O–H groups in total. The summed E-state index contributed by atoms with van der Waals surface area (Å²) in [6.45, 7) is 4.10. The lowest BCUT2D eigenvalue weighted by Crippen LogP contribution is -2.20. The van der Waals surface area contributed by atoms with Crippen molar-refractivity contribution in [3.05, 3.63) is 29.8 Å². The molecule has 0 spiro atoms. The van der Waals surface area contributed by atoms with Crippen molar-refractivity contribution in [2.24, 2.45) is 5.73 Å².